The molecule has 0 N–H and O–H groups in total. The molecular formula is C10H11FO. The summed E-state index contributed by atoms with van der Waals surface area (Å²) in [5.74, 6) is -0.219. The van der Waals surface area contributed by atoms with Gasteiger partial charge in [0.25, 0.3) is 0 Å². The van der Waals surface area contributed by atoms with Gasteiger partial charge < -0.3 is 4.74 Å². The maximum Gasteiger partial charge on any atom is 0.130 e. The van der Waals surface area contributed by atoms with Crippen molar-refractivity contribution in [3.63, 3.8) is 0 Å². The van der Waals surface area contributed by atoms with E-state index < -0.39 is 0 Å². The van der Waals surface area contributed by atoms with Crippen LogP contribution in [0.1, 0.15) is 11.1 Å². The van der Waals surface area contributed by atoms with E-state index in [-0.39, 0.29) is 5.82 Å². The molecule has 1 aromatic rings. The fourth-order valence-corrected chi connectivity index (χ4v) is 0.992. The molecule has 1 aromatic carbocycles. The van der Waals surface area contributed by atoms with E-state index in [4.69, 9.17) is 4.74 Å². The standard InChI is InChI=1S/C10H11FO/c1-8-4-3-5-10(11)9(8)6-7-12-2/h3-7H,1-2H3/b7-6+. The van der Waals surface area contributed by atoms with Gasteiger partial charge in [0.15, 0.2) is 0 Å². The van der Waals surface area contributed by atoms with E-state index in [1.165, 1.54) is 19.4 Å². The number of hydrogen-bond donors (Lipinski definition) is 0. The second kappa shape index (κ2) is 3.90. The molecule has 0 heterocycles. The van der Waals surface area contributed by atoms with Gasteiger partial charge in [-0.25, -0.2) is 4.39 Å². The van der Waals surface area contributed by atoms with E-state index in [0.717, 1.165) is 5.56 Å². The zero-order chi connectivity index (χ0) is 8.97. The lowest BCUT2D eigenvalue weighted by Crippen LogP contribution is -1.85. The lowest BCUT2D eigenvalue weighted by molar-refractivity contribution is 0.341. The molecule has 0 saturated carbocycles. The predicted molar refractivity (Wildman–Crippen MR) is 47.2 cm³/mol. The Morgan fingerprint density at radius 1 is 1.42 bits per heavy atom. The van der Waals surface area contributed by atoms with Crippen molar-refractivity contribution in [1.82, 2.24) is 0 Å². The molecule has 2 heteroatoms. The maximum atomic E-state index is 13.1. The second-order valence-corrected chi connectivity index (χ2v) is 2.51. The highest BCUT2D eigenvalue weighted by molar-refractivity contribution is 5.53. The summed E-state index contributed by atoms with van der Waals surface area (Å²) in [6.07, 6.45) is 3.08. The van der Waals surface area contributed by atoms with Crippen LogP contribution in [0.15, 0.2) is 24.5 Å². The van der Waals surface area contributed by atoms with E-state index in [2.05, 4.69) is 0 Å². The quantitative estimate of drug-likeness (QED) is 0.614. The molecule has 0 amide bonds. The van der Waals surface area contributed by atoms with Gasteiger partial charge in [-0.1, -0.05) is 12.1 Å². The summed E-state index contributed by atoms with van der Waals surface area (Å²) in [5.41, 5.74) is 1.49. The Balaban J connectivity index is 3.04. The minimum absolute atomic E-state index is 0.219. The van der Waals surface area contributed by atoms with Crippen LogP contribution in [0.5, 0.6) is 0 Å². The molecule has 1 rings (SSSR count). The van der Waals surface area contributed by atoms with Crippen molar-refractivity contribution in [2.24, 2.45) is 0 Å². The molecular weight excluding hydrogens is 155 g/mol. The molecule has 0 unspecified atom stereocenters. The summed E-state index contributed by atoms with van der Waals surface area (Å²) in [6.45, 7) is 1.86. The Hall–Kier alpha value is -1.31. The van der Waals surface area contributed by atoms with Crippen LogP contribution in [0, 0.1) is 12.7 Å². The first kappa shape index (κ1) is 8.78. The predicted octanol–water partition coefficient (Wildman–Crippen LogP) is 2.75. The van der Waals surface area contributed by atoms with Gasteiger partial charge in [-0.3, -0.25) is 0 Å². The van der Waals surface area contributed by atoms with Crippen molar-refractivity contribution in [1.29, 1.82) is 0 Å². The summed E-state index contributed by atoms with van der Waals surface area (Å²) in [6, 6.07) is 4.98. The molecule has 0 fully saturated rings. The molecule has 0 aromatic heterocycles. The molecule has 0 aliphatic carbocycles. The summed E-state index contributed by atoms with van der Waals surface area (Å²) < 4.78 is 17.8. The summed E-state index contributed by atoms with van der Waals surface area (Å²) in [5, 5.41) is 0. The third-order valence-corrected chi connectivity index (χ3v) is 1.64. The first-order valence-electron chi connectivity index (χ1n) is 3.70. The Morgan fingerprint density at radius 2 is 2.17 bits per heavy atom. The van der Waals surface area contributed by atoms with Crippen LogP contribution in [0.2, 0.25) is 0 Å². The Morgan fingerprint density at radius 3 is 2.75 bits per heavy atom. The highest BCUT2D eigenvalue weighted by Gasteiger charge is 1.99. The van der Waals surface area contributed by atoms with Gasteiger partial charge in [0.2, 0.25) is 0 Å². The molecule has 0 aliphatic heterocycles. The molecule has 12 heavy (non-hydrogen) atoms. The number of ether oxygens (including phenoxy) is 1. The van der Waals surface area contributed by atoms with Crippen LogP contribution >= 0.6 is 0 Å². The SMILES string of the molecule is CO/C=C/c1c(C)cccc1F. The van der Waals surface area contributed by atoms with Crippen molar-refractivity contribution in [3.05, 3.63) is 41.4 Å². The highest BCUT2D eigenvalue weighted by Crippen LogP contribution is 2.13. The van der Waals surface area contributed by atoms with Gasteiger partial charge in [0, 0.05) is 5.56 Å². The Labute approximate surface area is 71.5 Å². The molecule has 0 bridgehead atoms. The summed E-state index contributed by atoms with van der Waals surface area (Å²) in [7, 11) is 1.53. The van der Waals surface area contributed by atoms with Crippen LogP contribution in [0.25, 0.3) is 6.08 Å². The van der Waals surface area contributed by atoms with Crippen LogP contribution < -0.4 is 0 Å². The Kier molecular flexibility index (Phi) is 2.86. The normalized spacial score (nSPS) is 10.6. The minimum atomic E-state index is -0.219. The maximum absolute atomic E-state index is 13.1. The van der Waals surface area contributed by atoms with Crippen molar-refractivity contribution >= 4 is 6.08 Å². The van der Waals surface area contributed by atoms with E-state index >= 15 is 0 Å². The van der Waals surface area contributed by atoms with E-state index in [1.54, 1.807) is 12.1 Å². The summed E-state index contributed by atoms with van der Waals surface area (Å²) >= 11 is 0. The van der Waals surface area contributed by atoms with Crippen molar-refractivity contribution < 1.29 is 9.13 Å². The number of benzene rings is 1. The number of rotatable bonds is 2. The van der Waals surface area contributed by atoms with Crippen LogP contribution in [-0.4, -0.2) is 7.11 Å². The number of hydrogen-bond acceptors (Lipinski definition) is 1. The van der Waals surface area contributed by atoms with E-state index in [0.29, 0.717) is 5.56 Å². The van der Waals surface area contributed by atoms with Gasteiger partial charge >= 0.3 is 0 Å². The molecule has 0 aliphatic rings. The second-order valence-electron chi connectivity index (χ2n) is 2.51. The monoisotopic (exact) mass is 166 g/mol. The lowest BCUT2D eigenvalue weighted by Gasteiger charge is -2.00. The largest absolute Gasteiger partial charge is 0.504 e. The van der Waals surface area contributed by atoms with Gasteiger partial charge in [0.05, 0.1) is 13.4 Å². The number of aryl methyl sites for hydroxylation is 1. The Bertz CT molecular complexity index is 272. The molecule has 64 valence electrons. The van der Waals surface area contributed by atoms with Gasteiger partial charge in [-0.05, 0) is 24.6 Å². The van der Waals surface area contributed by atoms with Crippen LogP contribution in [0.4, 0.5) is 4.39 Å². The van der Waals surface area contributed by atoms with Crippen LogP contribution in [-0.2, 0) is 4.74 Å². The lowest BCUT2D eigenvalue weighted by atomic mass is 10.1. The van der Waals surface area contributed by atoms with Crippen molar-refractivity contribution in [2.45, 2.75) is 6.92 Å². The van der Waals surface area contributed by atoms with Crippen LogP contribution in [0.3, 0.4) is 0 Å². The number of halogens is 1. The molecule has 0 spiro atoms. The zero-order valence-electron chi connectivity index (χ0n) is 7.17. The smallest absolute Gasteiger partial charge is 0.130 e. The topological polar surface area (TPSA) is 9.23 Å². The van der Waals surface area contributed by atoms with Crippen molar-refractivity contribution in [3.8, 4) is 0 Å². The zero-order valence-corrected chi connectivity index (χ0v) is 7.17. The molecule has 1 nitrogen and oxygen atoms in total. The number of methoxy groups -OCH3 is 1. The van der Waals surface area contributed by atoms with E-state index in [9.17, 15) is 4.39 Å². The van der Waals surface area contributed by atoms with Gasteiger partial charge in [-0.2, -0.15) is 0 Å². The minimum Gasteiger partial charge on any atom is -0.504 e. The van der Waals surface area contributed by atoms with Crippen molar-refractivity contribution in [2.75, 3.05) is 7.11 Å². The molecule has 0 radical (unpaired) electrons. The van der Waals surface area contributed by atoms with Gasteiger partial charge in [-0.15, -0.1) is 0 Å². The average molecular weight is 166 g/mol. The fourth-order valence-electron chi connectivity index (χ4n) is 0.992. The third kappa shape index (κ3) is 1.84. The first-order valence-corrected chi connectivity index (χ1v) is 3.70. The first-order chi connectivity index (χ1) is 5.75. The average Bonchev–Trinajstić information content (AvgIpc) is 2.04. The third-order valence-electron chi connectivity index (χ3n) is 1.64. The van der Waals surface area contributed by atoms with Gasteiger partial charge in [0.1, 0.15) is 5.82 Å². The molecule has 0 saturated heterocycles. The summed E-state index contributed by atoms with van der Waals surface area (Å²) in [4.78, 5) is 0. The molecule has 0 atom stereocenters. The van der Waals surface area contributed by atoms with E-state index in [1.807, 2.05) is 13.0 Å². The highest BCUT2D eigenvalue weighted by atomic mass is 19.1. The fraction of sp³-hybridized carbons (Fsp3) is 0.200.